The van der Waals surface area contributed by atoms with Crippen molar-refractivity contribution < 1.29 is 58.6 Å². The zero-order chi connectivity index (χ0) is 65.0. The fourth-order valence-electron chi connectivity index (χ4n) is 11.2. The van der Waals surface area contributed by atoms with Gasteiger partial charge in [-0.15, -0.1) is 0 Å². The fraction of sp³-hybridized carbons (Fsp3) is 0.616. The average molecular weight is 1180 g/mol. The molecule has 0 unspecified atom stereocenters. The van der Waals surface area contributed by atoms with E-state index in [0.29, 0.717) is 119 Å². The van der Waals surface area contributed by atoms with Crippen LogP contribution >= 0.6 is 0 Å². The number of ether oxygens (including phenoxy) is 4. The van der Waals surface area contributed by atoms with E-state index in [1.807, 2.05) is 166 Å². The lowest BCUT2D eigenvalue weighted by atomic mass is 9.71. The minimum absolute atomic E-state index is 0.0394. The van der Waals surface area contributed by atoms with Crippen LogP contribution < -0.4 is 18.9 Å². The zero-order valence-corrected chi connectivity index (χ0v) is 56.7. The summed E-state index contributed by atoms with van der Waals surface area (Å²) in [7, 11) is 0. The van der Waals surface area contributed by atoms with E-state index in [-0.39, 0.29) is 48.7 Å². The molecule has 472 valence electrons. The second kappa shape index (κ2) is 26.5. The van der Waals surface area contributed by atoms with Crippen LogP contribution in [0.4, 0.5) is 0 Å². The third-order valence-corrected chi connectivity index (χ3v) is 16.1. The molecule has 0 saturated heterocycles. The summed E-state index contributed by atoms with van der Waals surface area (Å²) in [5.74, 6) is 0.244. The Morgan fingerprint density at radius 2 is 0.400 bits per heavy atom. The molecule has 4 N–H and O–H groups in total. The highest BCUT2D eigenvalue weighted by molar-refractivity contribution is 5.75. The number of hydrogen-bond acceptors (Lipinski definition) is 12. The molecule has 0 fully saturated rings. The molecule has 4 rings (SSSR count). The molecule has 0 radical (unpaired) electrons. The van der Waals surface area contributed by atoms with Crippen LogP contribution in [0.1, 0.15) is 288 Å². The van der Waals surface area contributed by atoms with Gasteiger partial charge < -0.3 is 39.4 Å². The smallest absolute Gasteiger partial charge is 0.311 e. The predicted molar refractivity (Wildman–Crippen MR) is 342 cm³/mol. The molecular formula is C73H108O12. The summed E-state index contributed by atoms with van der Waals surface area (Å²) in [6.07, 6.45) is 3.58. The number of carbonyl (C=O) groups is 4. The van der Waals surface area contributed by atoms with Crippen molar-refractivity contribution in [3.8, 4) is 46.0 Å². The molecule has 0 bridgehead atoms. The van der Waals surface area contributed by atoms with Crippen molar-refractivity contribution in [2.75, 3.05) is 0 Å². The van der Waals surface area contributed by atoms with Gasteiger partial charge in [0.1, 0.15) is 46.0 Å². The Labute approximate surface area is 511 Å². The Morgan fingerprint density at radius 1 is 0.271 bits per heavy atom. The summed E-state index contributed by atoms with van der Waals surface area (Å²) in [5, 5.41) is 45.6. The maximum Gasteiger partial charge on any atom is 0.311 e. The quantitative estimate of drug-likeness (QED) is 0.0485. The van der Waals surface area contributed by atoms with Gasteiger partial charge in [0.25, 0.3) is 0 Å². The molecule has 12 nitrogen and oxygen atoms in total. The minimum Gasteiger partial charge on any atom is -0.507 e. The monoisotopic (exact) mass is 1180 g/mol. The first-order valence-corrected chi connectivity index (χ1v) is 30.8. The highest BCUT2D eigenvalue weighted by Crippen LogP contribution is 2.47. The summed E-state index contributed by atoms with van der Waals surface area (Å²) in [6, 6.07) is 13.8. The van der Waals surface area contributed by atoms with Gasteiger partial charge in [-0.2, -0.15) is 0 Å². The van der Waals surface area contributed by atoms with Crippen molar-refractivity contribution in [2.45, 2.75) is 287 Å². The predicted octanol–water partition coefficient (Wildman–Crippen LogP) is 18.3. The van der Waals surface area contributed by atoms with E-state index in [1.54, 1.807) is 48.5 Å². The molecule has 0 aromatic heterocycles. The highest BCUT2D eigenvalue weighted by Gasteiger charge is 2.35. The standard InChI is InChI=1S/C73H108O12/c1-65(2,3)49-37-45(38-50(61(49)78)66(4,5)6)82-57(74)29-25-33-73(34-26-30-58(75)83-46-39-51(67(7,8)9)62(79)52(40-46)68(10,11)12,35-27-31-59(76)84-47-41-53(69(13,14)15)63(80)54(42-47)70(16,17)18)36-28-32-60(77)85-48-43-55(71(19,20)21)64(81)56(44-48)72(22,23)24/h37-44,78-81H,25-36H2,1-24H3. The zero-order valence-electron chi connectivity index (χ0n) is 56.7. The Morgan fingerprint density at radius 3 is 0.518 bits per heavy atom. The minimum atomic E-state index is -0.621. The molecule has 0 aliphatic heterocycles. The number of esters is 4. The van der Waals surface area contributed by atoms with Crippen LogP contribution in [0, 0.1) is 5.41 Å². The molecule has 0 spiro atoms. The number of hydrogen-bond donors (Lipinski definition) is 4. The van der Waals surface area contributed by atoms with Crippen LogP contribution in [0.2, 0.25) is 0 Å². The molecule has 12 heteroatoms. The number of carbonyl (C=O) groups excluding carboxylic acids is 4. The lowest BCUT2D eigenvalue weighted by Crippen LogP contribution is -2.24. The van der Waals surface area contributed by atoms with Crippen molar-refractivity contribution in [1.29, 1.82) is 0 Å². The largest absolute Gasteiger partial charge is 0.507 e. The summed E-state index contributed by atoms with van der Waals surface area (Å²) in [6.45, 7) is 47.9. The Balaban J connectivity index is 1.75. The van der Waals surface area contributed by atoms with Crippen LogP contribution in [0.15, 0.2) is 48.5 Å². The van der Waals surface area contributed by atoms with Gasteiger partial charge in [-0.05, 0) is 149 Å². The van der Waals surface area contributed by atoms with Gasteiger partial charge in [-0.3, -0.25) is 19.2 Å². The summed E-state index contributed by atoms with van der Waals surface area (Å²) in [5.41, 5.74) is 1.10. The Hall–Kier alpha value is -6.04. The van der Waals surface area contributed by atoms with Gasteiger partial charge in [-0.1, -0.05) is 166 Å². The number of aromatic hydroxyl groups is 4. The topological polar surface area (TPSA) is 186 Å². The molecule has 0 amide bonds. The van der Waals surface area contributed by atoms with E-state index < -0.39 is 72.6 Å². The van der Waals surface area contributed by atoms with Gasteiger partial charge in [0.15, 0.2) is 0 Å². The first kappa shape index (κ1) is 71.4. The average Bonchev–Trinajstić information content (AvgIpc) is 1.79. The van der Waals surface area contributed by atoms with Gasteiger partial charge >= 0.3 is 23.9 Å². The van der Waals surface area contributed by atoms with Crippen LogP contribution in [-0.4, -0.2) is 44.3 Å². The molecular weight excluding hydrogens is 1070 g/mol. The van der Waals surface area contributed by atoms with Crippen LogP contribution in [-0.2, 0) is 62.5 Å². The van der Waals surface area contributed by atoms with Crippen molar-refractivity contribution in [3.63, 3.8) is 0 Å². The normalized spacial score (nSPS) is 13.2. The molecule has 0 saturated carbocycles. The third kappa shape index (κ3) is 20.0. The molecule has 0 aliphatic rings. The lowest BCUT2D eigenvalue weighted by molar-refractivity contribution is -0.135. The van der Waals surface area contributed by atoms with Crippen molar-refractivity contribution in [3.05, 3.63) is 93.0 Å². The van der Waals surface area contributed by atoms with E-state index in [0.717, 1.165) is 0 Å². The molecule has 0 heterocycles. The van der Waals surface area contributed by atoms with Gasteiger partial charge in [0, 0.05) is 70.2 Å². The third-order valence-electron chi connectivity index (χ3n) is 16.1. The van der Waals surface area contributed by atoms with Crippen LogP contribution in [0.5, 0.6) is 46.0 Å². The van der Waals surface area contributed by atoms with Crippen LogP contribution in [0.3, 0.4) is 0 Å². The molecule has 85 heavy (non-hydrogen) atoms. The van der Waals surface area contributed by atoms with E-state index in [4.69, 9.17) is 18.9 Å². The van der Waals surface area contributed by atoms with E-state index in [9.17, 15) is 39.6 Å². The molecule has 4 aromatic carbocycles. The Bertz CT molecular complexity index is 2470. The molecule has 0 aliphatic carbocycles. The molecule has 0 atom stereocenters. The molecule has 4 aromatic rings. The maximum absolute atomic E-state index is 14.0. The van der Waals surface area contributed by atoms with Gasteiger partial charge in [-0.25, -0.2) is 0 Å². The summed E-state index contributed by atoms with van der Waals surface area (Å²) < 4.78 is 24.3. The summed E-state index contributed by atoms with van der Waals surface area (Å²) in [4.78, 5) is 56.0. The van der Waals surface area contributed by atoms with Crippen molar-refractivity contribution >= 4 is 23.9 Å². The first-order valence-electron chi connectivity index (χ1n) is 30.8. The van der Waals surface area contributed by atoms with E-state index in [2.05, 4.69) is 0 Å². The van der Waals surface area contributed by atoms with Gasteiger partial charge in [0.2, 0.25) is 0 Å². The number of phenols is 4. The highest BCUT2D eigenvalue weighted by atomic mass is 16.5. The van der Waals surface area contributed by atoms with Crippen molar-refractivity contribution in [1.82, 2.24) is 0 Å². The number of phenolic OH excluding ortho intramolecular Hbond substituents is 4. The maximum atomic E-state index is 14.0. The van der Waals surface area contributed by atoms with E-state index >= 15 is 0 Å². The SMILES string of the molecule is CC(C)(C)c1cc(OC(=O)CCCC(CCCC(=O)Oc2cc(C(C)(C)C)c(O)c(C(C)(C)C)c2)(CCCC(=O)Oc2cc(C(C)(C)C)c(O)c(C(C)(C)C)c2)CCCC(=O)Oc2cc(C(C)(C)C)c(O)c(C(C)(C)C)c2)cc(C(C)(C)C)c1O. The Kier molecular flexibility index (Phi) is 22.3. The lowest BCUT2D eigenvalue weighted by Gasteiger charge is -2.35. The first-order chi connectivity index (χ1) is 38.4. The second-order valence-electron chi connectivity index (χ2n) is 32.3. The number of benzene rings is 4. The van der Waals surface area contributed by atoms with E-state index in [1.165, 1.54) is 0 Å². The second-order valence-corrected chi connectivity index (χ2v) is 32.3. The van der Waals surface area contributed by atoms with Gasteiger partial charge in [0.05, 0.1) is 0 Å². The summed E-state index contributed by atoms with van der Waals surface area (Å²) >= 11 is 0. The number of rotatable bonds is 20. The van der Waals surface area contributed by atoms with Crippen molar-refractivity contribution in [2.24, 2.45) is 5.41 Å². The van der Waals surface area contributed by atoms with Crippen LogP contribution in [0.25, 0.3) is 0 Å². The fourth-order valence-corrected chi connectivity index (χ4v) is 11.2.